The lowest BCUT2D eigenvalue weighted by molar-refractivity contribution is -0.120. The summed E-state index contributed by atoms with van der Waals surface area (Å²) in [7, 11) is 0. The van der Waals surface area contributed by atoms with Gasteiger partial charge >= 0.3 is 0 Å². The largest absolute Gasteiger partial charge is 0.399 e. The highest BCUT2D eigenvalue weighted by Crippen LogP contribution is 2.06. The number of aliphatic hydroxyl groups is 1. The van der Waals surface area contributed by atoms with E-state index in [1.807, 2.05) is 19.1 Å². The number of benzene rings is 1. The van der Waals surface area contributed by atoms with Crippen molar-refractivity contribution in [2.24, 2.45) is 0 Å². The minimum atomic E-state index is -0.331. The molecule has 0 spiro atoms. The molecule has 1 aromatic carbocycles. The molecule has 0 aliphatic rings. The van der Waals surface area contributed by atoms with Crippen molar-refractivity contribution in [2.45, 2.75) is 32.3 Å². The molecule has 0 aliphatic heterocycles. The van der Waals surface area contributed by atoms with Crippen LogP contribution in [0.2, 0.25) is 0 Å². The van der Waals surface area contributed by atoms with Crippen LogP contribution in [-0.4, -0.2) is 23.7 Å². The van der Waals surface area contributed by atoms with Gasteiger partial charge in [-0.2, -0.15) is 0 Å². The molecule has 0 aliphatic carbocycles. The van der Waals surface area contributed by atoms with Crippen LogP contribution in [0.1, 0.15) is 25.3 Å². The number of aliphatic hydroxyl groups excluding tert-OH is 1. The molecule has 94 valence electrons. The normalized spacial score (nSPS) is 12.1. The summed E-state index contributed by atoms with van der Waals surface area (Å²) in [6.07, 6.45) is 1.31. The lowest BCUT2D eigenvalue weighted by Gasteiger charge is -2.09. The van der Waals surface area contributed by atoms with Crippen molar-refractivity contribution in [3.05, 3.63) is 29.8 Å². The van der Waals surface area contributed by atoms with Crippen molar-refractivity contribution in [1.82, 2.24) is 5.32 Å². The Kier molecular flexibility index (Phi) is 5.49. The summed E-state index contributed by atoms with van der Waals surface area (Å²) in [5.41, 5.74) is 7.19. The highest BCUT2D eigenvalue weighted by molar-refractivity contribution is 5.78. The number of anilines is 1. The molecule has 4 heteroatoms. The van der Waals surface area contributed by atoms with E-state index in [2.05, 4.69) is 5.32 Å². The Morgan fingerprint density at radius 1 is 1.53 bits per heavy atom. The second kappa shape index (κ2) is 6.91. The smallest absolute Gasteiger partial charge is 0.224 e. The first-order valence-electron chi connectivity index (χ1n) is 5.91. The SMILES string of the molecule is CCC(O)CCNC(=O)Cc1cccc(N)c1. The molecule has 0 radical (unpaired) electrons. The van der Waals surface area contributed by atoms with Crippen LogP contribution in [0.3, 0.4) is 0 Å². The average Bonchev–Trinajstić information content (AvgIpc) is 2.28. The summed E-state index contributed by atoms with van der Waals surface area (Å²) in [6, 6.07) is 7.29. The maximum atomic E-state index is 11.6. The minimum absolute atomic E-state index is 0.0427. The molecule has 4 N–H and O–H groups in total. The van der Waals surface area contributed by atoms with Crippen LogP contribution in [0.4, 0.5) is 5.69 Å². The molecule has 0 heterocycles. The van der Waals surface area contributed by atoms with E-state index in [1.165, 1.54) is 0 Å². The maximum absolute atomic E-state index is 11.6. The van der Waals surface area contributed by atoms with E-state index < -0.39 is 0 Å². The van der Waals surface area contributed by atoms with Gasteiger partial charge in [-0.1, -0.05) is 19.1 Å². The number of rotatable bonds is 6. The van der Waals surface area contributed by atoms with E-state index in [9.17, 15) is 9.90 Å². The first-order chi connectivity index (χ1) is 8.11. The number of hydrogen-bond acceptors (Lipinski definition) is 3. The van der Waals surface area contributed by atoms with E-state index in [4.69, 9.17) is 5.73 Å². The van der Waals surface area contributed by atoms with Crippen molar-refractivity contribution in [1.29, 1.82) is 0 Å². The van der Waals surface area contributed by atoms with E-state index in [1.54, 1.807) is 12.1 Å². The van der Waals surface area contributed by atoms with Crippen LogP contribution in [0.5, 0.6) is 0 Å². The number of carbonyl (C=O) groups is 1. The third kappa shape index (κ3) is 5.36. The van der Waals surface area contributed by atoms with Crippen LogP contribution in [0, 0.1) is 0 Å². The van der Waals surface area contributed by atoms with Crippen molar-refractivity contribution in [2.75, 3.05) is 12.3 Å². The van der Waals surface area contributed by atoms with Gasteiger partial charge in [-0.3, -0.25) is 4.79 Å². The lowest BCUT2D eigenvalue weighted by Crippen LogP contribution is -2.28. The lowest BCUT2D eigenvalue weighted by atomic mass is 10.1. The summed E-state index contributed by atoms with van der Waals surface area (Å²) >= 11 is 0. The quantitative estimate of drug-likeness (QED) is 0.647. The number of nitrogen functional groups attached to an aromatic ring is 1. The summed E-state index contributed by atoms with van der Waals surface area (Å²) in [4.78, 5) is 11.6. The first kappa shape index (κ1) is 13.5. The van der Waals surface area contributed by atoms with E-state index in [-0.39, 0.29) is 12.0 Å². The molecule has 0 saturated heterocycles. The van der Waals surface area contributed by atoms with Crippen LogP contribution in [0.25, 0.3) is 0 Å². The molecule has 1 rings (SSSR count). The Morgan fingerprint density at radius 2 is 2.29 bits per heavy atom. The predicted octanol–water partition coefficient (Wildman–Crippen LogP) is 1.09. The third-order valence-corrected chi connectivity index (χ3v) is 2.59. The Labute approximate surface area is 102 Å². The molecule has 1 atom stereocenters. The van der Waals surface area contributed by atoms with Crippen molar-refractivity contribution < 1.29 is 9.90 Å². The molecule has 0 bridgehead atoms. The highest BCUT2D eigenvalue weighted by atomic mass is 16.3. The van der Waals surface area contributed by atoms with E-state index in [0.717, 1.165) is 5.56 Å². The van der Waals surface area contributed by atoms with E-state index >= 15 is 0 Å². The van der Waals surface area contributed by atoms with Crippen molar-refractivity contribution in [3.63, 3.8) is 0 Å². The zero-order valence-corrected chi connectivity index (χ0v) is 10.1. The molecule has 0 fully saturated rings. The second-order valence-corrected chi connectivity index (χ2v) is 4.12. The summed E-state index contributed by atoms with van der Waals surface area (Å²) in [5, 5.41) is 12.1. The maximum Gasteiger partial charge on any atom is 0.224 e. The second-order valence-electron chi connectivity index (χ2n) is 4.12. The highest BCUT2D eigenvalue weighted by Gasteiger charge is 2.05. The first-order valence-corrected chi connectivity index (χ1v) is 5.91. The van der Waals surface area contributed by atoms with Gasteiger partial charge in [0.15, 0.2) is 0 Å². The van der Waals surface area contributed by atoms with Crippen LogP contribution < -0.4 is 11.1 Å². The molecule has 1 unspecified atom stereocenters. The Hall–Kier alpha value is -1.55. The molecule has 1 aromatic rings. The third-order valence-electron chi connectivity index (χ3n) is 2.59. The van der Waals surface area contributed by atoms with Crippen molar-refractivity contribution in [3.8, 4) is 0 Å². The van der Waals surface area contributed by atoms with Crippen LogP contribution in [-0.2, 0) is 11.2 Å². The van der Waals surface area contributed by atoms with Gasteiger partial charge in [0, 0.05) is 12.2 Å². The minimum Gasteiger partial charge on any atom is -0.399 e. The number of amides is 1. The Balaban J connectivity index is 2.30. The predicted molar refractivity (Wildman–Crippen MR) is 68.5 cm³/mol. The van der Waals surface area contributed by atoms with Gasteiger partial charge in [-0.15, -0.1) is 0 Å². The number of nitrogens with two attached hydrogens (primary N) is 1. The number of hydrogen-bond donors (Lipinski definition) is 3. The molecular formula is C13H20N2O2. The number of carbonyl (C=O) groups excluding carboxylic acids is 1. The van der Waals surface area contributed by atoms with Gasteiger partial charge in [-0.25, -0.2) is 0 Å². The summed E-state index contributed by atoms with van der Waals surface area (Å²) < 4.78 is 0. The van der Waals surface area contributed by atoms with Gasteiger partial charge in [0.25, 0.3) is 0 Å². The van der Waals surface area contributed by atoms with Gasteiger partial charge in [-0.05, 0) is 30.5 Å². The monoisotopic (exact) mass is 236 g/mol. The molecule has 17 heavy (non-hydrogen) atoms. The van der Waals surface area contributed by atoms with Gasteiger partial charge in [0.1, 0.15) is 0 Å². The standard InChI is InChI=1S/C13H20N2O2/c1-2-12(16)6-7-15-13(17)9-10-4-3-5-11(14)8-10/h3-5,8,12,16H,2,6-7,9,14H2,1H3,(H,15,17). The zero-order chi connectivity index (χ0) is 12.7. The van der Waals surface area contributed by atoms with Crippen LogP contribution >= 0.6 is 0 Å². The molecule has 0 aromatic heterocycles. The zero-order valence-electron chi connectivity index (χ0n) is 10.1. The fourth-order valence-corrected chi connectivity index (χ4v) is 1.53. The topological polar surface area (TPSA) is 75.3 Å². The Morgan fingerprint density at radius 3 is 2.94 bits per heavy atom. The van der Waals surface area contributed by atoms with Gasteiger partial charge in [0.05, 0.1) is 12.5 Å². The van der Waals surface area contributed by atoms with Crippen molar-refractivity contribution >= 4 is 11.6 Å². The number of nitrogens with one attached hydrogen (secondary N) is 1. The fourth-order valence-electron chi connectivity index (χ4n) is 1.53. The molecular weight excluding hydrogens is 216 g/mol. The summed E-state index contributed by atoms with van der Waals surface area (Å²) in [5.74, 6) is -0.0427. The Bertz CT molecular complexity index is 366. The van der Waals surface area contributed by atoms with Gasteiger partial charge < -0.3 is 16.2 Å². The van der Waals surface area contributed by atoms with Crippen LogP contribution in [0.15, 0.2) is 24.3 Å². The molecule has 4 nitrogen and oxygen atoms in total. The average molecular weight is 236 g/mol. The molecule has 1 amide bonds. The van der Waals surface area contributed by atoms with Gasteiger partial charge in [0.2, 0.25) is 5.91 Å². The fraction of sp³-hybridized carbons (Fsp3) is 0.462. The summed E-state index contributed by atoms with van der Waals surface area (Å²) in [6.45, 7) is 2.43. The molecule has 0 saturated carbocycles. The van der Waals surface area contributed by atoms with E-state index in [0.29, 0.717) is 31.5 Å².